The molecule has 3 aromatic rings. The molecule has 11 N–H and O–H groups in total. The Morgan fingerprint density at radius 1 is 0.578 bits per heavy atom. The molecule has 12 nitrogen and oxygen atoms in total. The van der Waals surface area contributed by atoms with Crippen molar-refractivity contribution >= 4 is 29.6 Å². The molecule has 0 bridgehead atoms. The Balaban J connectivity index is 1.78. The molecular formula is C33H42N8O4. The second kappa shape index (κ2) is 17.8. The van der Waals surface area contributed by atoms with Crippen LogP contribution in [0.25, 0.3) is 0 Å². The first-order valence-corrected chi connectivity index (χ1v) is 14.8. The van der Waals surface area contributed by atoms with Crippen LogP contribution in [0.15, 0.2) is 96.0 Å². The standard InChI is InChI=1S/C33H42N8O4/c34-25(19-22-11-4-1-5-12-22)30(43)41-28(21-24-15-8-3-9-16-24)32(45)39-26(17-10-18-38-33(36)37)31(44)40-27(29(35)42)20-23-13-6-2-7-14-23/h1-9,11-16,25-28H,10,17-21,34H2,(H2,35,42)(H,39,45)(H,40,44)(H,41,43)(H4,36,37,38)/t25-,26-,27-,28+/m0/s1. The Bertz CT molecular complexity index is 1420. The molecule has 238 valence electrons. The Kier molecular flexibility index (Phi) is 13.5. The lowest BCUT2D eigenvalue weighted by molar-refractivity contribution is -0.133. The maximum atomic E-state index is 13.7. The zero-order valence-electron chi connectivity index (χ0n) is 25.1. The van der Waals surface area contributed by atoms with Crippen molar-refractivity contribution in [1.29, 1.82) is 0 Å². The fourth-order valence-electron chi connectivity index (χ4n) is 4.69. The lowest BCUT2D eigenvalue weighted by Gasteiger charge is -2.25. The minimum absolute atomic E-state index is 0.103. The summed E-state index contributed by atoms with van der Waals surface area (Å²) in [6.45, 7) is 0.212. The molecule has 3 rings (SSSR count). The van der Waals surface area contributed by atoms with Crippen molar-refractivity contribution in [3.63, 3.8) is 0 Å². The maximum absolute atomic E-state index is 13.7. The summed E-state index contributed by atoms with van der Waals surface area (Å²) in [5.41, 5.74) is 25.2. The number of nitrogens with two attached hydrogens (primary N) is 4. The molecule has 0 spiro atoms. The Labute approximate surface area is 263 Å². The van der Waals surface area contributed by atoms with Gasteiger partial charge in [0.2, 0.25) is 23.6 Å². The average Bonchev–Trinajstić information content (AvgIpc) is 3.03. The fraction of sp³-hybridized carbons (Fsp3) is 0.303. The number of rotatable bonds is 17. The molecule has 0 saturated carbocycles. The van der Waals surface area contributed by atoms with Crippen LogP contribution in [0.1, 0.15) is 29.5 Å². The summed E-state index contributed by atoms with van der Waals surface area (Å²) in [5, 5.41) is 8.20. The van der Waals surface area contributed by atoms with Crippen molar-refractivity contribution in [2.45, 2.75) is 56.3 Å². The molecule has 12 heteroatoms. The van der Waals surface area contributed by atoms with Gasteiger partial charge in [0.15, 0.2) is 5.96 Å². The van der Waals surface area contributed by atoms with Gasteiger partial charge in [0.25, 0.3) is 0 Å². The van der Waals surface area contributed by atoms with E-state index in [-0.39, 0.29) is 38.2 Å². The average molecular weight is 615 g/mol. The Morgan fingerprint density at radius 2 is 1.00 bits per heavy atom. The number of nitrogens with one attached hydrogen (secondary N) is 3. The van der Waals surface area contributed by atoms with Crippen LogP contribution in [-0.4, -0.2) is 60.3 Å². The van der Waals surface area contributed by atoms with Crippen LogP contribution in [0.2, 0.25) is 0 Å². The molecule has 4 atom stereocenters. The van der Waals surface area contributed by atoms with Crippen LogP contribution in [0.4, 0.5) is 0 Å². The predicted octanol–water partition coefficient (Wildman–Crippen LogP) is 0.0351. The molecule has 0 aliphatic heterocycles. The first-order chi connectivity index (χ1) is 21.6. The van der Waals surface area contributed by atoms with Crippen molar-refractivity contribution in [2.75, 3.05) is 6.54 Å². The number of carbonyl (C=O) groups is 4. The van der Waals surface area contributed by atoms with E-state index in [1.54, 1.807) is 0 Å². The number of hydrogen-bond acceptors (Lipinski definition) is 6. The molecule has 3 aromatic carbocycles. The van der Waals surface area contributed by atoms with E-state index in [2.05, 4.69) is 20.9 Å². The zero-order chi connectivity index (χ0) is 32.6. The maximum Gasteiger partial charge on any atom is 0.243 e. The quantitative estimate of drug-likeness (QED) is 0.0627. The summed E-state index contributed by atoms with van der Waals surface area (Å²) in [5.74, 6) is -2.55. The summed E-state index contributed by atoms with van der Waals surface area (Å²) in [6.07, 6.45) is 1.08. The summed E-state index contributed by atoms with van der Waals surface area (Å²) >= 11 is 0. The van der Waals surface area contributed by atoms with Gasteiger partial charge in [-0.1, -0.05) is 91.0 Å². The largest absolute Gasteiger partial charge is 0.370 e. The Hall–Kier alpha value is -5.23. The number of primary amides is 1. The first kappa shape index (κ1) is 34.3. The minimum Gasteiger partial charge on any atom is -0.370 e. The molecule has 0 fully saturated rings. The van der Waals surface area contributed by atoms with Crippen molar-refractivity contribution in [1.82, 2.24) is 16.0 Å². The lowest BCUT2D eigenvalue weighted by atomic mass is 10.0. The molecule has 4 amide bonds. The summed E-state index contributed by atoms with van der Waals surface area (Å²) < 4.78 is 0. The van der Waals surface area contributed by atoms with E-state index in [9.17, 15) is 19.2 Å². The summed E-state index contributed by atoms with van der Waals surface area (Å²) in [4.78, 5) is 56.6. The number of guanidine groups is 1. The van der Waals surface area contributed by atoms with E-state index in [1.165, 1.54) is 0 Å². The van der Waals surface area contributed by atoms with Crippen molar-refractivity contribution in [3.05, 3.63) is 108 Å². The van der Waals surface area contributed by atoms with E-state index in [0.29, 0.717) is 6.42 Å². The van der Waals surface area contributed by atoms with Gasteiger partial charge in [0.1, 0.15) is 18.1 Å². The van der Waals surface area contributed by atoms with Crippen LogP contribution in [-0.2, 0) is 38.4 Å². The van der Waals surface area contributed by atoms with Gasteiger partial charge in [-0.2, -0.15) is 0 Å². The van der Waals surface area contributed by atoms with Gasteiger partial charge >= 0.3 is 0 Å². The van der Waals surface area contributed by atoms with Gasteiger partial charge in [-0.3, -0.25) is 24.2 Å². The number of benzene rings is 3. The molecule has 45 heavy (non-hydrogen) atoms. The molecule has 0 unspecified atom stereocenters. The normalized spacial score (nSPS) is 13.4. The highest BCUT2D eigenvalue weighted by Crippen LogP contribution is 2.09. The van der Waals surface area contributed by atoms with Crippen LogP contribution < -0.4 is 38.9 Å². The minimum atomic E-state index is -1.09. The Morgan fingerprint density at radius 3 is 1.49 bits per heavy atom. The highest BCUT2D eigenvalue weighted by molar-refractivity contribution is 5.94. The van der Waals surface area contributed by atoms with E-state index in [4.69, 9.17) is 22.9 Å². The summed E-state index contributed by atoms with van der Waals surface area (Å²) in [6, 6.07) is 23.5. The highest BCUT2D eigenvalue weighted by atomic mass is 16.2. The molecule has 0 aliphatic rings. The van der Waals surface area contributed by atoms with Gasteiger partial charge < -0.3 is 38.9 Å². The SMILES string of the molecule is NC(=O)[C@H](Cc1ccccc1)NC(=O)[C@H](CCCN=C(N)N)NC(=O)[C@@H](Cc1ccccc1)NC(=O)[C@@H](N)Cc1ccccc1. The van der Waals surface area contributed by atoms with Gasteiger partial charge in [-0.15, -0.1) is 0 Å². The van der Waals surface area contributed by atoms with Crippen LogP contribution in [0.5, 0.6) is 0 Å². The van der Waals surface area contributed by atoms with E-state index in [0.717, 1.165) is 16.7 Å². The van der Waals surface area contributed by atoms with Crippen molar-refractivity contribution in [3.8, 4) is 0 Å². The number of amides is 4. The molecule has 0 radical (unpaired) electrons. The fourth-order valence-corrected chi connectivity index (χ4v) is 4.69. The third-order valence-corrected chi connectivity index (χ3v) is 7.07. The van der Waals surface area contributed by atoms with Gasteiger partial charge in [-0.05, 0) is 36.0 Å². The molecular weight excluding hydrogens is 572 g/mol. The van der Waals surface area contributed by atoms with Crippen molar-refractivity contribution in [2.24, 2.45) is 27.9 Å². The lowest BCUT2D eigenvalue weighted by Crippen LogP contribution is -2.58. The van der Waals surface area contributed by atoms with Gasteiger partial charge in [-0.25, -0.2) is 0 Å². The molecule has 0 saturated heterocycles. The van der Waals surface area contributed by atoms with E-state index in [1.807, 2.05) is 91.0 Å². The predicted molar refractivity (Wildman–Crippen MR) is 173 cm³/mol. The van der Waals surface area contributed by atoms with Gasteiger partial charge in [0, 0.05) is 19.4 Å². The molecule has 0 heterocycles. The van der Waals surface area contributed by atoms with Crippen LogP contribution in [0, 0.1) is 0 Å². The first-order valence-electron chi connectivity index (χ1n) is 14.8. The highest BCUT2D eigenvalue weighted by Gasteiger charge is 2.30. The second-order valence-electron chi connectivity index (χ2n) is 10.7. The van der Waals surface area contributed by atoms with Gasteiger partial charge in [0.05, 0.1) is 6.04 Å². The van der Waals surface area contributed by atoms with Crippen molar-refractivity contribution < 1.29 is 19.2 Å². The third-order valence-electron chi connectivity index (χ3n) is 7.07. The monoisotopic (exact) mass is 614 g/mol. The number of aliphatic imine (C=N–C) groups is 1. The van der Waals surface area contributed by atoms with E-state index >= 15 is 0 Å². The second-order valence-corrected chi connectivity index (χ2v) is 10.7. The third kappa shape index (κ3) is 12.1. The van der Waals surface area contributed by atoms with Crippen LogP contribution >= 0.6 is 0 Å². The molecule has 0 aliphatic carbocycles. The van der Waals surface area contributed by atoms with E-state index < -0.39 is 47.8 Å². The number of hydrogen-bond donors (Lipinski definition) is 7. The topological polar surface area (TPSA) is 221 Å². The number of carbonyl (C=O) groups excluding carboxylic acids is 4. The zero-order valence-corrected chi connectivity index (χ0v) is 25.1. The smallest absolute Gasteiger partial charge is 0.243 e. The number of nitrogens with zero attached hydrogens (tertiary/aromatic N) is 1. The molecule has 0 aromatic heterocycles. The van der Waals surface area contributed by atoms with Crippen LogP contribution in [0.3, 0.4) is 0 Å². The summed E-state index contributed by atoms with van der Waals surface area (Å²) in [7, 11) is 0.